The molecule has 1 aliphatic rings. The van der Waals surface area contributed by atoms with Crippen molar-refractivity contribution in [1.82, 2.24) is 4.98 Å². The number of aromatic nitrogens is 1. The highest BCUT2D eigenvalue weighted by Gasteiger charge is 2.28. The number of aliphatic hydroxyl groups is 1. The van der Waals surface area contributed by atoms with E-state index < -0.39 is 0 Å². The van der Waals surface area contributed by atoms with Crippen LogP contribution < -0.4 is 9.64 Å². The second-order valence-corrected chi connectivity index (χ2v) is 6.52. The normalized spacial score (nSPS) is 17.5. The zero-order valence-electron chi connectivity index (χ0n) is 11.1. The highest BCUT2D eigenvalue weighted by Crippen LogP contribution is 2.36. The predicted molar refractivity (Wildman–Crippen MR) is 80.7 cm³/mol. The number of thiazole rings is 1. The van der Waals surface area contributed by atoms with Gasteiger partial charge in [0.1, 0.15) is 27.5 Å². The first-order valence-electron chi connectivity index (χ1n) is 6.57. The summed E-state index contributed by atoms with van der Waals surface area (Å²) in [4.78, 5) is 6.27. The van der Waals surface area contributed by atoms with Gasteiger partial charge in [-0.2, -0.15) is 0 Å². The maximum absolute atomic E-state index is 13.6. The van der Waals surface area contributed by atoms with Crippen molar-refractivity contribution in [3.63, 3.8) is 0 Å². The van der Waals surface area contributed by atoms with Gasteiger partial charge in [0.15, 0.2) is 0 Å². The van der Waals surface area contributed by atoms with E-state index in [0.29, 0.717) is 35.3 Å². The molecule has 0 spiro atoms. The van der Waals surface area contributed by atoms with Crippen LogP contribution in [-0.4, -0.2) is 29.3 Å². The minimum absolute atomic E-state index is 0.0213. The molecule has 1 aliphatic heterocycles. The molecule has 0 saturated carbocycles. The van der Waals surface area contributed by atoms with Crippen LogP contribution >= 0.6 is 22.9 Å². The van der Waals surface area contributed by atoms with Gasteiger partial charge >= 0.3 is 0 Å². The fourth-order valence-electron chi connectivity index (χ4n) is 2.42. The molecule has 1 atom stereocenters. The molecular weight excluding hydrogens is 315 g/mol. The van der Waals surface area contributed by atoms with Crippen molar-refractivity contribution in [3.05, 3.63) is 39.6 Å². The topological polar surface area (TPSA) is 45.6 Å². The lowest BCUT2D eigenvalue weighted by atomic mass is 10.1. The van der Waals surface area contributed by atoms with Gasteiger partial charge in [0, 0.05) is 12.7 Å². The van der Waals surface area contributed by atoms with Crippen LogP contribution in [-0.2, 0) is 6.54 Å². The van der Waals surface area contributed by atoms with Crippen LogP contribution in [0, 0.1) is 5.82 Å². The van der Waals surface area contributed by atoms with Gasteiger partial charge in [0.05, 0.1) is 24.5 Å². The molecular formula is C14H14ClFN2O2S. The van der Waals surface area contributed by atoms with E-state index in [-0.39, 0.29) is 18.5 Å². The molecule has 1 aromatic carbocycles. The summed E-state index contributed by atoms with van der Waals surface area (Å²) in [7, 11) is 0. The lowest BCUT2D eigenvalue weighted by Crippen LogP contribution is -2.43. The van der Waals surface area contributed by atoms with E-state index in [9.17, 15) is 9.50 Å². The molecule has 0 aliphatic carbocycles. The standard InChI is InChI=1S/C14H14ClFN2O2S/c15-13-6-17-14(21-13)7-18-10(3-4-19)8-20-12-2-1-9(16)5-11(12)18/h1-2,5-6,10,19H,3-4,7-8H2. The lowest BCUT2D eigenvalue weighted by Gasteiger charge is -2.38. The molecule has 112 valence electrons. The second-order valence-electron chi connectivity index (χ2n) is 4.78. The van der Waals surface area contributed by atoms with E-state index in [2.05, 4.69) is 4.98 Å². The first-order valence-corrected chi connectivity index (χ1v) is 7.77. The molecule has 0 amide bonds. The lowest BCUT2D eigenvalue weighted by molar-refractivity contribution is 0.214. The van der Waals surface area contributed by atoms with E-state index in [1.54, 1.807) is 12.3 Å². The zero-order valence-corrected chi connectivity index (χ0v) is 12.7. The number of benzene rings is 1. The number of hydrogen-bond acceptors (Lipinski definition) is 5. The van der Waals surface area contributed by atoms with Crippen LogP contribution in [0.1, 0.15) is 11.4 Å². The van der Waals surface area contributed by atoms with E-state index >= 15 is 0 Å². The Balaban J connectivity index is 1.93. The quantitative estimate of drug-likeness (QED) is 0.937. The predicted octanol–water partition coefficient (Wildman–Crippen LogP) is 3.09. The van der Waals surface area contributed by atoms with Crippen LogP contribution in [0.2, 0.25) is 4.34 Å². The zero-order chi connectivity index (χ0) is 14.8. The Morgan fingerprint density at radius 3 is 3.10 bits per heavy atom. The molecule has 21 heavy (non-hydrogen) atoms. The number of ether oxygens (including phenoxy) is 1. The van der Waals surface area contributed by atoms with Crippen LogP contribution in [0.4, 0.5) is 10.1 Å². The minimum atomic E-state index is -0.316. The summed E-state index contributed by atoms with van der Waals surface area (Å²) in [6.07, 6.45) is 2.16. The molecule has 2 heterocycles. The molecule has 2 aromatic rings. The third-order valence-corrected chi connectivity index (χ3v) is 4.50. The summed E-state index contributed by atoms with van der Waals surface area (Å²) in [6.45, 7) is 1.02. The number of hydrogen-bond donors (Lipinski definition) is 1. The van der Waals surface area contributed by atoms with Crippen molar-refractivity contribution in [2.24, 2.45) is 0 Å². The summed E-state index contributed by atoms with van der Waals surface area (Å²) >= 11 is 7.31. The molecule has 4 nitrogen and oxygen atoms in total. The largest absolute Gasteiger partial charge is 0.489 e. The average molecular weight is 329 g/mol. The average Bonchev–Trinajstić information content (AvgIpc) is 2.87. The van der Waals surface area contributed by atoms with Gasteiger partial charge in [-0.15, -0.1) is 11.3 Å². The summed E-state index contributed by atoms with van der Waals surface area (Å²) in [5.74, 6) is 0.331. The summed E-state index contributed by atoms with van der Waals surface area (Å²) < 4.78 is 19.8. The first-order chi connectivity index (χ1) is 10.2. The van der Waals surface area contributed by atoms with Crippen molar-refractivity contribution < 1.29 is 14.2 Å². The third-order valence-electron chi connectivity index (χ3n) is 3.40. The van der Waals surface area contributed by atoms with Crippen molar-refractivity contribution in [1.29, 1.82) is 0 Å². The SMILES string of the molecule is OCCC1COc2ccc(F)cc2N1Cc1ncc(Cl)s1. The highest BCUT2D eigenvalue weighted by molar-refractivity contribution is 7.15. The third kappa shape index (κ3) is 3.12. The maximum atomic E-state index is 13.6. The van der Waals surface area contributed by atoms with Crippen LogP contribution in [0.3, 0.4) is 0 Å². The second kappa shape index (κ2) is 6.17. The van der Waals surface area contributed by atoms with Crippen LogP contribution in [0.25, 0.3) is 0 Å². The summed E-state index contributed by atoms with van der Waals surface area (Å²) in [5.41, 5.74) is 0.686. The Bertz CT molecular complexity index is 637. The van der Waals surface area contributed by atoms with E-state index in [1.807, 2.05) is 4.90 Å². The van der Waals surface area contributed by atoms with Gasteiger partial charge in [-0.1, -0.05) is 11.6 Å². The Kier molecular flexibility index (Phi) is 4.28. The summed E-state index contributed by atoms with van der Waals surface area (Å²) in [6, 6.07) is 4.44. The maximum Gasteiger partial charge on any atom is 0.142 e. The van der Waals surface area contributed by atoms with Crippen molar-refractivity contribution in [2.45, 2.75) is 19.0 Å². The van der Waals surface area contributed by atoms with Crippen molar-refractivity contribution in [2.75, 3.05) is 18.1 Å². The smallest absolute Gasteiger partial charge is 0.142 e. The fraction of sp³-hybridized carbons (Fsp3) is 0.357. The number of anilines is 1. The Hall–Kier alpha value is -1.37. The molecule has 0 saturated heterocycles. The Morgan fingerprint density at radius 1 is 1.52 bits per heavy atom. The number of halogens is 2. The first kappa shape index (κ1) is 14.6. The van der Waals surface area contributed by atoms with Gasteiger partial charge in [0.2, 0.25) is 0 Å². The molecule has 3 rings (SSSR count). The fourth-order valence-corrected chi connectivity index (χ4v) is 3.37. The Labute approximate surface area is 130 Å². The van der Waals surface area contributed by atoms with Gasteiger partial charge in [0.25, 0.3) is 0 Å². The van der Waals surface area contributed by atoms with Crippen molar-refractivity contribution in [3.8, 4) is 5.75 Å². The van der Waals surface area contributed by atoms with E-state index in [0.717, 1.165) is 5.01 Å². The highest BCUT2D eigenvalue weighted by atomic mass is 35.5. The molecule has 0 radical (unpaired) electrons. The molecule has 0 fully saturated rings. The molecule has 1 unspecified atom stereocenters. The Morgan fingerprint density at radius 2 is 2.38 bits per heavy atom. The van der Waals surface area contributed by atoms with Gasteiger partial charge in [-0.3, -0.25) is 0 Å². The minimum Gasteiger partial charge on any atom is -0.489 e. The number of fused-ring (bicyclic) bond motifs is 1. The number of nitrogens with zero attached hydrogens (tertiary/aromatic N) is 2. The molecule has 0 bridgehead atoms. The van der Waals surface area contributed by atoms with Crippen molar-refractivity contribution >= 4 is 28.6 Å². The number of aliphatic hydroxyl groups excluding tert-OH is 1. The van der Waals surface area contributed by atoms with E-state index in [1.165, 1.54) is 23.5 Å². The van der Waals surface area contributed by atoms with Gasteiger partial charge < -0.3 is 14.7 Å². The number of rotatable bonds is 4. The van der Waals surface area contributed by atoms with Crippen LogP contribution in [0.5, 0.6) is 5.75 Å². The molecule has 1 aromatic heterocycles. The molecule has 1 N–H and O–H groups in total. The summed E-state index contributed by atoms with van der Waals surface area (Å²) in [5, 5.41) is 10.1. The molecule has 7 heteroatoms. The van der Waals surface area contributed by atoms with Crippen LogP contribution in [0.15, 0.2) is 24.4 Å². The van der Waals surface area contributed by atoms with Gasteiger partial charge in [-0.05, 0) is 18.6 Å². The monoisotopic (exact) mass is 328 g/mol. The van der Waals surface area contributed by atoms with E-state index in [4.69, 9.17) is 16.3 Å². The van der Waals surface area contributed by atoms with Gasteiger partial charge in [-0.25, -0.2) is 9.37 Å².